The Hall–Kier alpha value is -2.58. The van der Waals surface area contributed by atoms with E-state index >= 15 is 0 Å². The van der Waals surface area contributed by atoms with Gasteiger partial charge >= 0.3 is 0 Å². The zero-order chi connectivity index (χ0) is 20.0. The van der Waals surface area contributed by atoms with Gasteiger partial charge in [-0.1, -0.05) is 6.07 Å². The summed E-state index contributed by atoms with van der Waals surface area (Å²) >= 11 is 0. The van der Waals surface area contributed by atoms with Crippen molar-refractivity contribution in [3.63, 3.8) is 0 Å². The van der Waals surface area contributed by atoms with E-state index in [0.717, 1.165) is 24.8 Å². The van der Waals surface area contributed by atoms with Crippen LogP contribution in [0.15, 0.2) is 47.6 Å². The summed E-state index contributed by atoms with van der Waals surface area (Å²) < 4.78 is 41.5. The fourth-order valence-electron chi connectivity index (χ4n) is 4.27. The van der Waals surface area contributed by atoms with Crippen LogP contribution in [-0.2, 0) is 22.9 Å². The highest BCUT2D eigenvalue weighted by molar-refractivity contribution is 7.89. The van der Waals surface area contributed by atoms with Crippen LogP contribution in [0.5, 0.6) is 0 Å². The molecule has 2 aromatic carbocycles. The van der Waals surface area contributed by atoms with Gasteiger partial charge < -0.3 is 4.90 Å². The highest BCUT2D eigenvalue weighted by Crippen LogP contribution is 2.28. The van der Waals surface area contributed by atoms with E-state index in [-0.39, 0.29) is 5.82 Å². The molecule has 3 aromatic rings. The van der Waals surface area contributed by atoms with E-state index < -0.39 is 10.0 Å². The Kier molecular flexibility index (Phi) is 4.48. The molecule has 2 heterocycles. The molecule has 1 fully saturated rings. The molecule has 0 bridgehead atoms. The monoisotopic (exact) mass is 412 g/mol. The maximum atomic E-state index is 13.7. The molecule has 0 amide bonds. The van der Waals surface area contributed by atoms with E-state index in [4.69, 9.17) is 0 Å². The lowest BCUT2D eigenvalue weighted by molar-refractivity contribution is 0.384. The van der Waals surface area contributed by atoms with Crippen molar-refractivity contribution in [1.29, 1.82) is 0 Å². The van der Waals surface area contributed by atoms with Gasteiger partial charge in [0, 0.05) is 31.6 Å². The zero-order valence-electron chi connectivity index (χ0n) is 15.9. The number of halogens is 1. The number of nitrogens with zero attached hydrogens (tertiary/aromatic N) is 4. The maximum Gasteiger partial charge on any atom is 0.243 e. The third-order valence-electron chi connectivity index (χ3n) is 5.82. The van der Waals surface area contributed by atoms with Gasteiger partial charge in [-0.2, -0.15) is 4.31 Å². The fraction of sp³-hybridized carbons (Fsp3) is 0.333. The van der Waals surface area contributed by atoms with Crippen LogP contribution in [-0.4, -0.2) is 48.9 Å². The molecule has 1 saturated heterocycles. The first-order valence-corrected chi connectivity index (χ1v) is 11.2. The van der Waals surface area contributed by atoms with Crippen molar-refractivity contribution in [2.75, 3.05) is 31.1 Å². The Morgan fingerprint density at radius 1 is 0.897 bits per heavy atom. The summed E-state index contributed by atoms with van der Waals surface area (Å²) in [5.41, 5.74) is 3.08. The Bertz CT molecular complexity index is 1190. The molecule has 0 saturated carbocycles. The molecule has 1 aliphatic carbocycles. The average molecular weight is 412 g/mol. The van der Waals surface area contributed by atoms with Gasteiger partial charge in [-0.25, -0.2) is 22.8 Å². The van der Waals surface area contributed by atoms with E-state index in [9.17, 15) is 12.8 Å². The van der Waals surface area contributed by atoms with Crippen molar-refractivity contribution in [3.8, 4) is 0 Å². The average Bonchev–Trinajstić information content (AvgIpc) is 3.21. The van der Waals surface area contributed by atoms with Crippen LogP contribution in [0.25, 0.3) is 10.9 Å². The summed E-state index contributed by atoms with van der Waals surface area (Å²) in [4.78, 5) is 10.9. The highest BCUT2D eigenvalue weighted by Gasteiger charge is 2.30. The van der Waals surface area contributed by atoms with Crippen LogP contribution in [0.1, 0.15) is 17.5 Å². The number of piperazine rings is 1. The number of benzene rings is 2. The first-order valence-electron chi connectivity index (χ1n) is 9.79. The van der Waals surface area contributed by atoms with Gasteiger partial charge in [-0.3, -0.25) is 0 Å². The number of rotatable bonds is 3. The number of aromatic nitrogens is 2. The molecule has 0 spiro atoms. The Morgan fingerprint density at radius 3 is 2.52 bits per heavy atom. The van der Waals surface area contributed by atoms with Gasteiger partial charge in [0.15, 0.2) is 0 Å². The predicted octanol–water partition coefficient (Wildman–Crippen LogP) is 2.77. The normalized spacial score (nSPS) is 17.6. The fourth-order valence-corrected chi connectivity index (χ4v) is 5.74. The molecule has 0 atom stereocenters. The predicted molar refractivity (Wildman–Crippen MR) is 109 cm³/mol. The van der Waals surface area contributed by atoms with Crippen molar-refractivity contribution in [2.45, 2.75) is 24.2 Å². The van der Waals surface area contributed by atoms with Crippen LogP contribution in [0.3, 0.4) is 0 Å². The second kappa shape index (κ2) is 7.03. The number of sulfonamides is 1. The molecule has 1 aliphatic heterocycles. The number of aryl methyl sites for hydroxylation is 2. The van der Waals surface area contributed by atoms with Crippen molar-refractivity contribution >= 4 is 26.7 Å². The standard InChI is InChI=1S/C21H21FN4O2S/c22-17-5-7-20-19(13-17)21(24-14-23-20)25-8-10-26(11-9-25)29(27,28)18-6-4-15-2-1-3-16(15)12-18/h4-7,12-14H,1-3,8-11H2. The van der Waals surface area contributed by atoms with Gasteiger partial charge in [0.05, 0.1) is 10.4 Å². The van der Waals surface area contributed by atoms with Crippen molar-refractivity contribution < 1.29 is 12.8 Å². The summed E-state index contributed by atoms with van der Waals surface area (Å²) in [7, 11) is -3.52. The molecule has 0 radical (unpaired) electrons. The SMILES string of the molecule is O=S(=O)(c1ccc2c(c1)CCC2)N1CCN(c2ncnc3ccc(F)cc23)CC1. The lowest BCUT2D eigenvalue weighted by atomic mass is 10.1. The van der Waals surface area contributed by atoms with E-state index in [0.29, 0.717) is 47.8 Å². The largest absolute Gasteiger partial charge is 0.353 e. The topological polar surface area (TPSA) is 66.4 Å². The minimum atomic E-state index is -3.52. The Morgan fingerprint density at radius 2 is 1.69 bits per heavy atom. The van der Waals surface area contributed by atoms with Crippen molar-refractivity contribution in [2.24, 2.45) is 0 Å². The smallest absolute Gasteiger partial charge is 0.243 e. The first-order chi connectivity index (χ1) is 14.0. The van der Waals surface area contributed by atoms with Gasteiger partial charge in [0.1, 0.15) is 18.0 Å². The summed E-state index contributed by atoms with van der Waals surface area (Å²) in [6.07, 6.45) is 4.53. The first kappa shape index (κ1) is 18.4. The minimum Gasteiger partial charge on any atom is -0.353 e. The molecule has 2 aliphatic rings. The summed E-state index contributed by atoms with van der Waals surface area (Å²) in [6, 6.07) is 9.95. The van der Waals surface area contributed by atoms with Gasteiger partial charge in [-0.15, -0.1) is 0 Å². The zero-order valence-corrected chi connectivity index (χ0v) is 16.7. The van der Waals surface area contributed by atoms with Crippen LogP contribution >= 0.6 is 0 Å². The molecule has 8 heteroatoms. The van der Waals surface area contributed by atoms with E-state index in [1.165, 1.54) is 28.3 Å². The molecule has 1 aromatic heterocycles. The summed E-state index contributed by atoms with van der Waals surface area (Å²) in [5.74, 6) is 0.301. The molecule has 0 unspecified atom stereocenters. The van der Waals surface area contributed by atoms with Gasteiger partial charge in [0.25, 0.3) is 0 Å². The molecule has 6 nitrogen and oxygen atoms in total. The second-order valence-electron chi connectivity index (χ2n) is 7.53. The highest BCUT2D eigenvalue weighted by atomic mass is 32.2. The van der Waals surface area contributed by atoms with Crippen molar-refractivity contribution in [1.82, 2.24) is 14.3 Å². The summed E-state index contributed by atoms with van der Waals surface area (Å²) in [6.45, 7) is 1.71. The molecular formula is C21H21FN4O2S. The third-order valence-corrected chi connectivity index (χ3v) is 7.72. The van der Waals surface area contributed by atoms with E-state index in [1.807, 2.05) is 17.0 Å². The van der Waals surface area contributed by atoms with E-state index in [2.05, 4.69) is 9.97 Å². The van der Waals surface area contributed by atoms with Crippen LogP contribution in [0.4, 0.5) is 10.2 Å². The van der Waals surface area contributed by atoms with Gasteiger partial charge in [0.2, 0.25) is 10.0 Å². The molecule has 0 N–H and O–H groups in total. The quantitative estimate of drug-likeness (QED) is 0.662. The molecule has 5 rings (SSSR count). The Balaban J connectivity index is 1.37. The lowest BCUT2D eigenvalue weighted by Gasteiger charge is -2.35. The van der Waals surface area contributed by atoms with Gasteiger partial charge in [-0.05, 0) is 60.7 Å². The minimum absolute atomic E-state index is 0.341. The number of fused-ring (bicyclic) bond motifs is 2. The second-order valence-corrected chi connectivity index (χ2v) is 9.47. The van der Waals surface area contributed by atoms with Crippen LogP contribution in [0, 0.1) is 5.82 Å². The maximum absolute atomic E-state index is 13.7. The third kappa shape index (κ3) is 3.26. The molecular weight excluding hydrogens is 391 g/mol. The van der Waals surface area contributed by atoms with Crippen molar-refractivity contribution in [3.05, 3.63) is 59.7 Å². The van der Waals surface area contributed by atoms with Crippen LogP contribution in [0.2, 0.25) is 0 Å². The van der Waals surface area contributed by atoms with E-state index in [1.54, 1.807) is 12.1 Å². The number of anilines is 1. The van der Waals surface area contributed by atoms with Crippen LogP contribution < -0.4 is 4.90 Å². The Labute approximate surface area is 169 Å². The molecule has 150 valence electrons. The lowest BCUT2D eigenvalue weighted by Crippen LogP contribution is -2.49. The molecule has 29 heavy (non-hydrogen) atoms. The number of hydrogen-bond acceptors (Lipinski definition) is 5. The summed E-state index contributed by atoms with van der Waals surface area (Å²) in [5, 5.41) is 0.641. The number of hydrogen-bond donors (Lipinski definition) is 0.